The molecule has 0 aliphatic heterocycles. The predicted molar refractivity (Wildman–Crippen MR) is 89.8 cm³/mol. The number of halogens is 1. The van der Waals surface area contributed by atoms with E-state index in [2.05, 4.69) is 21.1 Å². The Balaban J connectivity index is 1.85. The summed E-state index contributed by atoms with van der Waals surface area (Å²) in [5.74, 6) is -0.869. The summed E-state index contributed by atoms with van der Waals surface area (Å²) in [6, 6.07) is 18.2. The zero-order valence-corrected chi connectivity index (χ0v) is 13.2. The van der Waals surface area contributed by atoms with Gasteiger partial charge in [0.2, 0.25) is 0 Å². The zero-order chi connectivity index (χ0) is 16.9. The zero-order valence-electron chi connectivity index (χ0n) is 12.4. The average Bonchev–Trinajstić information content (AvgIpc) is 3.13. The van der Waals surface area contributed by atoms with Crippen molar-refractivity contribution in [1.29, 1.82) is 5.26 Å². The lowest BCUT2D eigenvalue weighted by molar-refractivity contribution is 0.101. The third-order valence-electron chi connectivity index (χ3n) is 3.50. The molecule has 1 amide bonds. The summed E-state index contributed by atoms with van der Waals surface area (Å²) in [6.07, 6.45) is 1.32. The van der Waals surface area contributed by atoms with E-state index in [0.717, 1.165) is 5.56 Å². The van der Waals surface area contributed by atoms with Crippen molar-refractivity contribution in [3.63, 3.8) is 0 Å². The van der Waals surface area contributed by atoms with Gasteiger partial charge in [-0.2, -0.15) is 5.26 Å². The first kappa shape index (κ1) is 15.8. The van der Waals surface area contributed by atoms with Crippen LogP contribution in [0.1, 0.15) is 27.5 Å². The molecule has 0 unspecified atom stereocenters. The molecule has 118 valence electrons. The molecule has 2 aromatic carbocycles. The van der Waals surface area contributed by atoms with Crippen LogP contribution in [-0.2, 0) is 0 Å². The number of carbonyl (C=O) groups excluding carboxylic acids is 1. The van der Waals surface area contributed by atoms with Crippen LogP contribution in [0.4, 0.5) is 5.69 Å². The molecule has 0 saturated heterocycles. The molecule has 6 heteroatoms. The molecule has 0 radical (unpaired) electrons. The number of nitrogens with zero attached hydrogens (tertiary/aromatic N) is 2. The van der Waals surface area contributed by atoms with Gasteiger partial charge in [-0.05, 0) is 23.3 Å². The van der Waals surface area contributed by atoms with Gasteiger partial charge in [0, 0.05) is 16.8 Å². The number of benzene rings is 2. The maximum atomic E-state index is 12.0. The lowest BCUT2D eigenvalue weighted by Gasteiger charge is -2.13. The Labute approximate surface area is 143 Å². The number of aromatic nitrogens is 1. The van der Waals surface area contributed by atoms with E-state index in [9.17, 15) is 10.1 Å². The largest absolute Gasteiger partial charge is 0.364 e. The molecule has 1 aromatic heterocycles. The van der Waals surface area contributed by atoms with Crippen molar-refractivity contribution in [2.75, 3.05) is 5.32 Å². The van der Waals surface area contributed by atoms with Crippen LogP contribution in [0, 0.1) is 11.3 Å². The minimum Gasteiger partial charge on any atom is -0.364 e. The van der Waals surface area contributed by atoms with Crippen molar-refractivity contribution in [2.24, 2.45) is 0 Å². The Morgan fingerprint density at radius 3 is 2.62 bits per heavy atom. The highest BCUT2D eigenvalue weighted by molar-refractivity contribution is 6.31. The molecule has 0 aliphatic rings. The van der Waals surface area contributed by atoms with E-state index in [0.29, 0.717) is 16.3 Å². The molecule has 1 atom stereocenters. The normalized spacial score (nSPS) is 11.5. The van der Waals surface area contributed by atoms with Gasteiger partial charge in [-0.3, -0.25) is 4.79 Å². The molecular formula is C18H12ClN3O2. The van der Waals surface area contributed by atoms with Gasteiger partial charge in [0.25, 0.3) is 5.91 Å². The van der Waals surface area contributed by atoms with Gasteiger partial charge in [0.15, 0.2) is 5.69 Å². The van der Waals surface area contributed by atoms with Crippen LogP contribution in [0.15, 0.2) is 65.4 Å². The number of nitrogens with one attached hydrogen (secondary N) is 1. The van der Waals surface area contributed by atoms with E-state index in [1.807, 2.05) is 30.3 Å². The fourth-order valence-electron chi connectivity index (χ4n) is 2.33. The second kappa shape index (κ2) is 6.99. The fraction of sp³-hybridized carbons (Fsp3) is 0.0556. The van der Waals surface area contributed by atoms with Crippen molar-refractivity contribution in [1.82, 2.24) is 5.16 Å². The van der Waals surface area contributed by atoms with Gasteiger partial charge >= 0.3 is 0 Å². The molecule has 0 aliphatic carbocycles. The van der Waals surface area contributed by atoms with Gasteiger partial charge < -0.3 is 9.84 Å². The predicted octanol–water partition coefficient (Wildman–Crippen LogP) is 4.24. The first-order valence-corrected chi connectivity index (χ1v) is 7.52. The van der Waals surface area contributed by atoms with Gasteiger partial charge in [0.1, 0.15) is 6.26 Å². The van der Waals surface area contributed by atoms with Crippen molar-refractivity contribution < 1.29 is 9.32 Å². The minimum atomic E-state index is -0.473. The second-order valence-electron chi connectivity index (χ2n) is 5.05. The maximum absolute atomic E-state index is 12.0. The summed E-state index contributed by atoms with van der Waals surface area (Å²) in [5.41, 5.74) is 2.24. The monoisotopic (exact) mass is 337 g/mol. The van der Waals surface area contributed by atoms with Crippen molar-refractivity contribution in [3.8, 4) is 6.07 Å². The van der Waals surface area contributed by atoms with Crippen LogP contribution in [0.5, 0.6) is 0 Å². The topological polar surface area (TPSA) is 78.9 Å². The van der Waals surface area contributed by atoms with Crippen LogP contribution in [0.2, 0.25) is 5.02 Å². The Kier molecular flexibility index (Phi) is 4.59. The van der Waals surface area contributed by atoms with Gasteiger partial charge in [-0.1, -0.05) is 53.2 Å². The lowest BCUT2D eigenvalue weighted by atomic mass is 9.92. The summed E-state index contributed by atoms with van der Waals surface area (Å²) in [6.45, 7) is 0. The minimum absolute atomic E-state index is 0.175. The van der Waals surface area contributed by atoms with Gasteiger partial charge in [-0.15, -0.1) is 0 Å². The van der Waals surface area contributed by atoms with Crippen molar-refractivity contribution in [3.05, 3.63) is 82.7 Å². The van der Waals surface area contributed by atoms with Crippen LogP contribution in [0.25, 0.3) is 0 Å². The first-order valence-electron chi connectivity index (χ1n) is 7.15. The molecule has 3 aromatic rings. The van der Waals surface area contributed by atoms with Crippen LogP contribution >= 0.6 is 11.6 Å². The summed E-state index contributed by atoms with van der Waals surface area (Å²) in [5, 5.41) is 16.2. The molecule has 1 N–H and O–H groups in total. The smallest absolute Gasteiger partial charge is 0.277 e. The van der Waals surface area contributed by atoms with Crippen LogP contribution in [-0.4, -0.2) is 11.1 Å². The quantitative estimate of drug-likeness (QED) is 0.772. The molecule has 24 heavy (non-hydrogen) atoms. The fourth-order valence-corrected chi connectivity index (χ4v) is 2.62. The molecule has 1 heterocycles. The molecular weight excluding hydrogens is 326 g/mol. The van der Waals surface area contributed by atoms with E-state index in [1.165, 1.54) is 12.3 Å². The van der Waals surface area contributed by atoms with Gasteiger partial charge in [-0.25, -0.2) is 0 Å². The molecule has 3 rings (SSSR count). The Hall–Kier alpha value is -3.10. The highest BCUT2D eigenvalue weighted by atomic mass is 35.5. The SMILES string of the molecule is N#C[C@H](c1ccccc1)c1ccc(NC(=O)c2ccon2)cc1Cl. The van der Waals surface area contributed by atoms with E-state index in [4.69, 9.17) is 11.6 Å². The Morgan fingerprint density at radius 1 is 1.21 bits per heavy atom. The Bertz CT molecular complexity index is 886. The average molecular weight is 338 g/mol. The summed E-state index contributed by atoms with van der Waals surface area (Å²) < 4.78 is 4.64. The number of rotatable bonds is 4. The van der Waals surface area contributed by atoms with E-state index < -0.39 is 11.8 Å². The summed E-state index contributed by atoms with van der Waals surface area (Å²) in [4.78, 5) is 12.0. The Morgan fingerprint density at radius 2 is 2.00 bits per heavy atom. The molecule has 5 nitrogen and oxygen atoms in total. The van der Waals surface area contributed by atoms with E-state index in [-0.39, 0.29) is 5.69 Å². The molecule has 0 bridgehead atoms. The summed E-state index contributed by atoms with van der Waals surface area (Å²) in [7, 11) is 0. The number of hydrogen-bond acceptors (Lipinski definition) is 4. The van der Waals surface area contributed by atoms with Gasteiger partial charge in [0.05, 0.1) is 12.0 Å². The number of nitriles is 1. The first-order chi connectivity index (χ1) is 11.7. The third-order valence-corrected chi connectivity index (χ3v) is 3.83. The lowest BCUT2D eigenvalue weighted by Crippen LogP contribution is -2.12. The molecule has 0 saturated carbocycles. The number of hydrogen-bond donors (Lipinski definition) is 1. The molecule has 0 fully saturated rings. The van der Waals surface area contributed by atoms with E-state index >= 15 is 0 Å². The van der Waals surface area contributed by atoms with E-state index in [1.54, 1.807) is 18.2 Å². The standard InChI is InChI=1S/C18H12ClN3O2/c19-16-10-13(21-18(23)17-8-9-24-22-17)6-7-14(16)15(11-20)12-4-2-1-3-5-12/h1-10,15H,(H,21,23)/t15-/m1/s1. The van der Waals surface area contributed by atoms with Crippen molar-refractivity contribution in [2.45, 2.75) is 5.92 Å². The third kappa shape index (κ3) is 3.29. The highest BCUT2D eigenvalue weighted by Crippen LogP contribution is 2.31. The van der Waals surface area contributed by atoms with Crippen LogP contribution < -0.4 is 5.32 Å². The van der Waals surface area contributed by atoms with Crippen LogP contribution in [0.3, 0.4) is 0 Å². The number of carbonyl (C=O) groups is 1. The summed E-state index contributed by atoms with van der Waals surface area (Å²) >= 11 is 6.32. The van der Waals surface area contributed by atoms with Crippen molar-refractivity contribution >= 4 is 23.2 Å². The second-order valence-corrected chi connectivity index (χ2v) is 5.46. The number of anilines is 1. The highest BCUT2D eigenvalue weighted by Gasteiger charge is 2.17. The number of amides is 1. The maximum Gasteiger partial charge on any atom is 0.277 e. The molecule has 0 spiro atoms.